The van der Waals surface area contributed by atoms with E-state index in [-0.39, 0.29) is 183 Å². The molecule has 4 heterocycles. The van der Waals surface area contributed by atoms with Crippen LogP contribution < -0.4 is 74.2 Å². The number of piperazine rings is 2. The first-order valence-corrected chi connectivity index (χ1v) is 47.8. The maximum absolute atomic E-state index is 15.5. The Morgan fingerprint density at radius 1 is 0.448 bits per heavy atom. The zero-order chi connectivity index (χ0) is 108. The first-order valence-electron chi connectivity index (χ1n) is 47.8. The molecule has 0 spiro atoms. The molecular formula is C99H136F2N18O26. The van der Waals surface area contributed by atoms with E-state index in [0.717, 1.165) is 12.1 Å². The van der Waals surface area contributed by atoms with Crippen LogP contribution in [0, 0.1) is 23.5 Å². The van der Waals surface area contributed by atoms with Crippen molar-refractivity contribution in [1.29, 1.82) is 0 Å². The van der Waals surface area contributed by atoms with Crippen LogP contribution in [0.1, 0.15) is 192 Å². The van der Waals surface area contributed by atoms with E-state index in [1.54, 1.807) is 179 Å². The van der Waals surface area contributed by atoms with Crippen molar-refractivity contribution in [2.75, 3.05) is 114 Å². The Kier molecular flexibility index (Phi) is 44.0. The molecule has 0 radical (unpaired) electrons. The van der Waals surface area contributed by atoms with Crippen molar-refractivity contribution in [3.63, 3.8) is 0 Å². The first-order chi connectivity index (χ1) is 68.2. The second kappa shape index (κ2) is 54.5. The number of halogens is 2. The van der Waals surface area contributed by atoms with E-state index in [9.17, 15) is 106 Å². The number of pyridine rings is 2. The Hall–Kier alpha value is -14.9. The van der Waals surface area contributed by atoms with E-state index in [1.165, 1.54) is 44.1 Å². The molecule has 6 atom stereocenters. The van der Waals surface area contributed by atoms with Crippen LogP contribution in [-0.4, -0.2) is 286 Å². The number of nitrogens with two attached hydrogens (primary N) is 1. The molecule has 4 aromatic carbocycles. The molecule has 2 aliphatic rings. The van der Waals surface area contributed by atoms with Crippen molar-refractivity contribution < 1.29 is 125 Å². The van der Waals surface area contributed by atoms with E-state index in [2.05, 4.69) is 47.9 Å². The number of carbonyl (C=O) groups is 17. The average molecular weight is 2030 g/mol. The van der Waals surface area contributed by atoms with Crippen molar-refractivity contribution in [2.24, 2.45) is 17.6 Å². The van der Waals surface area contributed by atoms with Gasteiger partial charge in [0.1, 0.15) is 83.4 Å². The van der Waals surface area contributed by atoms with Crippen LogP contribution in [0.15, 0.2) is 94.8 Å². The topological polar surface area (TPSA) is 586 Å². The van der Waals surface area contributed by atoms with Crippen molar-refractivity contribution in [2.45, 2.75) is 234 Å². The number of fused-ring (bicyclic) bond motifs is 2. The number of carboxylic acid groups (broad SMARTS) is 3. The maximum Gasteiger partial charge on any atom is 0.410 e. The Bertz CT molecular complexity index is 5780. The van der Waals surface area contributed by atoms with E-state index >= 15 is 8.78 Å². The number of esters is 1. The number of aliphatic carboxylic acids is 1. The molecule has 792 valence electrons. The molecule has 0 bridgehead atoms. The van der Waals surface area contributed by atoms with Crippen molar-refractivity contribution in [3.8, 4) is 0 Å². The summed E-state index contributed by atoms with van der Waals surface area (Å²) in [5.74, 6) is -13.0. The quantitative estimate of drug-likeness (QED) is 0.0143. The number of aromatic nitrogens is 2. The second-order valence-corrected chi connectivity index (χ2v) is 38.0. The largest absolute Gasteiger partial charge is 0.481 e. The molecular weight excluding hydrogens is 1900 g/mol. The van der Waals surface area contributed by atoms with Gasteiger partial charge in [-0.15, -0.1) is 0 Å². The lowest BCUT2D eigenvalue weighted by atomic mass is 10.0. The predicted octanol–water partition coefficient (Wildman–Crippen LogP) is 6.50. The van der Waals surface area contributed by atoms with Gasteiger partial charge in [0.05, 0.1) is 22.4 Å². The summed E-state index contributed by atoms with van der Waals surface area (Å²) in [5, 5.41) is 51.8. The lowest BCUT2D eigenvalue weighted by molar-refractivity contribution is -0.155. The van der Waals surface area contributed by atoms with Gasteiger partial charge >= 0.3 is 42.2 Å². The predicted molar refractivity (Wildman–Crippen MR) is 531 cm³/mol. The average Bonchev–Trinajstić information content (AvgIpc) is 0.763. The smallest absolute Gasteiger partial charge is 0.410 e. The third kappa shape index (κ3) is 36.2. The number of nitrogens with zero attached hydrogens (tertiary/aromatic N) is 8. The number of hydrogen-bond donors (Lipinski definition) is 13. The van der Waals surface area contributed by atoms with E-state index in [4.69, 9.17) is 24.7 Å². The molecule has 145 heavy (non-hydrogen) atoms. The molecule has 0 unspecified atom stereocenters. The number of alkyl carbamates (subject to hydrolysis) is 1. The number of amides is 13. The molecule has 0 aliphatic carbocycles. The third-order valence-electron chi connectivity index (χ3n) is 23.3. The van der Waals surface area contributed by atoms with Crippen LogP contribution in [0.4, 0.5) is 45.9 Å². The lowest BCUT2D eigenvalue weighted by Crippen LogP contribution is -2.58. The monoisotopic (exact) mass is 2030 g/mol. The molecule has 2 fully saturated rings. The Balaban J connectivity index is 0.000000398. The SMILES string of the molecule is CCn1cc(C(=O)O)c(=O)c2cc(F)c(N3CCN(C(=O)OCc4ccc(NC(=O)[C@H](CCN)NC(=O)[C@@H](NC(=O)[C@H](CCC(=O)O)NC(=O)CCCC(=O)N(C)C)C(C)C)cc4)CC3)cc21.CCn1cc(C(=O)O)c(=O)c2cc(F)c(N3CCN(C(=O)OCc4ccc(NC(=O)[C@H](CCNC(=O)OC(C)(C)C)NC(=O)[C@@H](NC(=O)[C@H](CCC(=O)OC(C)(C)C)NC(=O)CCCC(=O)N(C)C)C(C)C)cc4)CC3)cc21. The summed E-state index contributed by atoms with van der Waals surface area (Å²) in [7, 11) is 6.34. The van der Waals surface area contributed by atoms with Gasteiger partial charge in [0.25, 0.3) is 0 Å². The molecule has 8 rings (SSSR count). The van der Waals surface area contributed by atoms with Gasteiger partial charge in [-0.05, 0) is 172 Å². The molecule has 44 nitrogen and oxygen atoms in total. The zero-order valence-corrected chi connectivity index (χ0v) is 84.7. The second-order valence-electron chi connectivity index (χ2n) is 38.0. The van der Waals surface area contributed by atoms with Crippen molar-refractivity contribution in [1.82, 2.24) is 66.0 Å². The van der Waals surface area contributed by atoms with Gasteiger partial charge in [-0.3, -0.25) is 67.1 Å². The minimum atomic E-state index is -1.41. The fourth-order valence-corrected chi connectivity index (χ4v) is 15.3. The minimum absolute atomic E-state index is 0.0132. The molecule has 2 aliphatic heterocycles. The third-order valence-corrected chi connectivity index (χ3v) is 23.3. The van der Waals surface area contributed by atoms with E-state index in [0.29, 0.717) is 46.6 Å². The number of aromatic carboxylic acids is 2. The van der Waals surface area contributed by atoms with E-state index < -0.39 is 189 Å². The number of hydrogen-bond acceptors (Lipinski definition) is 26. The van der Waals surface area contributed by atoms with E-state index in [1.807, 2.05) is 0 Å². The first kappa shape index (κ1) is 117. The summed E-state index contributed by atoms with van der Waals surface area (Å²) in [6, 6.07) is 10.4. The standard InChI is InChI=1S/C54H76FN9O14.C45H60FN9O12/c1-12-62-30-36(50(72)73)46(68)35-28-37(55)41(29-40(35)62)63-24-26-64(27-25-63)52(75)76-31-33-16-18-34(19-17-33)57-47(69)39(22-23-56-51(74)78-54(7,8)9)59-49(71)45(32(2)3)60-48(70)38(20-21-44(67)77-53(4,5)6)58-42(65)14-13-15-43(66)61(10)11;1-6-53-24-30(44(64)65)40(60)29-22-31(46)35(23-34(29)53)54-18-20-55(21-19-54)45(66)67-25-27-10-12-28(13-11-27)48-41(61)33(16-17-47)50-43(63)39(26(2)3)51-42(62)32(14-15-38(58)59)49-36(56)8-7-9-37(57)52(4)5/h16-19,28-30,32,38-39,45H,12-15,20-27,31H2,1-11H3,(H,56,74)(H,57,69)(H,58,65)(H,59,71)(H,60,70)(H,72,73);10-13,22-24,26,32-33,39H,6-9,14-21,25,47H2,1-5H3,(H,48,61)(H,49,56)(H,50,63)(H,51,62)(H,58,59)(H,64,65)/t38-,39-,45-;32-,33-,39-/m00/s1. The molecule has 46 heteroatoms. The van der Waals surface area contributed by atoms with Gasteiger partial charge in [-0.1, -0.05) is 52.0 Å². The summed E-state index contributed by atoms with van der Waals surface area (Å²) in [6.45, 7) is 22.4. The highest BCUT2D eigenvalue weighted by atomic mass is 19.1. The fourth-order valence-electron chi connectivity index (χ4n) is 15.3. The van der Waals surface area contributed by atoms with Gasteiger partial charge in [0.15, 0.2) is 0 Å². The van der Waals surface area contributed by atoms with Gasteiger partial charge in [-0.2, -0.15) is 0 Å². The molecule has 14 N–H and O–H groups in total. The van der Waals surface area contributed by atoms with Crippen LogP contribution in [-0.2, 0) is 103 Å². The summed E-state index contributed by atoms with van der Waals surface area (Å²) < 4.78 is 55.8. The number of anilines is 4. The summed E-state index contributed by atoms with van der Waals surface area (Å²) >= 11 is 0. The highest BCUT2D eigenvalue weighted by Crippen LogP contribution is 2.30. The van der Waals surface area contributed by atoms with Crippen molar-refractivity contribution >= 4 is 146 Å². The lowest BCUT2D eigenvalue weighted by Gasteiger charge is -2.35. The fraction of sp³-hybridized carbons (Fsp3) is 0.525. The number of carbonyl (C=O) groups excluding carboxylic acids is 14. The number of aryl methyl sites for hydroxylation is 2. The number of nitrogens with one attached hydrogen (secondary N) is 9. The Labute approximate surface area is 837 Å². The molecule has 13 amide bonds. The summed E-state index contributed by atoms with van der Waals surface area (Å²) in [5.41, 5.74) is 4.66. The van der Waals surface area contributed by atoms with Gasteiger partial charge < -0.3 is 126 Å². The molecule has 2 aromatic heterocycles. The van der Waals surface area contributed by atoms with Crippen LogP contribution in [0.2, 0.25) is 0 Å². The number of benzene rings is 4. The Morgan fingerprint density at radius 2 is 0.814 bits per heavy atom. The zero-order valence-electron chi connectivity index (χ0n) is 84.7. The van der Waals surface area contributed by atoms with Crippen LogP contribution in [0.3, 0.4) is 0 Å². The number of ether oxygens (including phenoxy) is 4. The molecule has 2 saturated heterocycles. The highest BCUT2D eigenvalue weighted by molar-refractivity contribution is 6.02. The highest BCUT2D eigenvalue weighted by Gasteiger charge is 2.37. The van der Waals surface area contributed by atoms with Gasteiger partial charge in [-0.25, -0.2) is 32.8 Å². The summed E-state index contributed by atoms with van der Waals surface area (Å²) in [4.78, 5) is 253. The maximum atomic E-state index is 15.5. The van der Waals surface area contributed by atoms with Crippen LogP contribution in [0.5, 0.6) is 0 Å². The van der Waals surface area contributed by atoms with Gasteiger partial charge in [0.2, 0.25) is 69.9 Å². The van der Waals surface area contributed by atoms with Crippen molar-refractivity contribution in [3.05, 3.63) is 140 Å². The normalized spacial score (nSPS) is 13.9. The Morgan fingerprint density at radius 3 is 1.15 bits per heavy atom. The summed E-state index contributed by atoms with van der Waals surface area (Å²) in [6.07, 6.45) is -0.351. The van der Waals surface area contributed by atoms with Crippen LogP contribution in [0.25, 0.3) is 21.8 Å². The number of carboxylic acids is 3. The number of rotatable bonds is 45. The molecule has 6 aromatic rings. The van der Waals surface area contributed by atoms with Gasteiger partial charge in [0, 0.05) is 173 Å². The molecule has 0 saturated carbocycles. The minimum Gasteiger partial charge on any atom is -0.481 e. The van der Waals surface area contributed by atoms with Crippen LogP contribution >= 0.6 is 0 Å².